The highest BCUT2D eigenvalue weighted by Gasteiger charge is 2.20. The van der Waals surface area contributed by atoms with Crippen LogP contribution in [0.1, 0.15) is 27.2 Å². The molecule has 0 aliphatic rings. The summed E-state index contributed by atoms with van der Waals surface area (Å²) in [5.74, 6) is -3.85. The SMILES string of the molecule is COC(C)(C)CC(C)Nc1cc(F)c(F)c(F)c1. The third kappa shape index (κ3) is 3.91. The fourth-order valence-electron chi connectivity index (χ4n) is 1.80. The molecule has 18 heavy (non-hydrogen) atoms. The van der Waals surface area contributed by atoms with E-state index >= 15 is 0 Å². The Labute approximate surface area is 105 Å². The van der Waals surface area contributed by atoms with Crippen LogP contribution in [0.25, 0.3) is 0 Å². The summed E-state index contributed by atoms with van der Waals surface area (Å²) >= 11 is 0. The Balaban J connectivity index is 2.74. The predicted octanol–water partition coefficient (Wildman–Crippen LogP) is 3.72. The van der Waals surface area contributed by atoms with Crippen LogP contribution in [0.3, 0.4) is 0 Å². The Morgan fingerprint density at radius 2 is 1.72 bits per heavy atom. The minimum absolute atomic E-state index is 0.0655. The summed E-state index contributed by atoms with van der Waals surface area (Å²) in [5.41, 5.74) is -0.130. The number of benzene rings is 1. The first-order valence-corrected chi connectivity index (χ1v) is 5.71. The van der Waals surface area contributed by atoms with E-state index in [4.69, 9.17) is 4.74 Å². The maximum atomic E-state index is 13.0. The lowest BCUT2D eigenvalue weighted by molar-refractivity contribution is 0.0128. The first-order valence-electron chi connectivity index (χ1n) is 5.71. The third-order valence-corrected chi connectivity index (χ3v) is 2.75. The van der Waals surface area contributed by atoms with Gasteiger partial charge in [-0.25, -0.2) is 13.2 Å². The zero-order valence-electron chi connectivity index (χ0n) is 11.0. The second-order valence-corrected chi connectivity index (χ2v) is 4.97. The molecule has 0 spiro atoms. The first kappa shape index (κ1) is 14.8. The van der Waals surface area contributed by atoms with E-state index in [-0.39, 0.29) is 17.3 Å². The average Bonchev–Trinajstić information content (AvgIpc) is 2.25. The van der Waals surface area contributed by atoms with Gasteiger partial charge in [0, 0.05) is 31.0 Å². The van der Waals surface area contributed by atoms with E-state index in [1.54, 1.807) is 7.11 Å². The fraction of sp³-hybridized carbons (Fsp3) is 0.538. The number of anilines is 1. The predicted molar refractivity (Wildman–Crippen MR) is 65.1 cm³/mol. The highest BCUT2D eigenvalue weighted by atomic mass is 19.2. The normalized spacial score (nSPS) is 13.5. The topological polar surface area (TPSA) is 21.3 Å². The number of halogens is 3. The van der Waals surface area contributed by atoms with Crippen molar-refractivity contribution in [3.8, 4) is 0 Å². The summed E-state index contributed by atoms with van der Waals surface area (Å²) < 4.78 is 44.1. The highest BCUT2D eigenvalue weighted by molar-refractivity contribution is 5.44. The van der Waals surface area contributed by atoms with Gasteiger partial charge in [-0.05, 0) is 27.2 Å². The van der Waals surface area contributed by atoms with E-state index in [0.717, 1.165) is 12.1 Å². The van der Waals surface area contributed by atoms with Crippen LogP contribution in [0, 0.1) is 17.5 Å². The van der Waals surface area contributed by atoms with E-state index in [9.17, 15) is 13.2 Å². The lowest BCUT2D eigenvalue weighted by Crippen LogP contribution is -2.31. The smallest absolute Gasteiger partial charge is 0.194 e. The number of methoxy groups -OCH3 is 1. The van der Waals surface area contributed by atoms with Gasteiger partial charge in [-0.3, -0.25) is 0 Å². The fourth-order valence-corrected chi connectivity index (χ4v) is 1.80. The summed E-state index contributed by atoms with van der Waals surface area (Å²) in [4.78, 5) is 0. The largest absolute Gasteiger partial charge is 0.382 e. The zero-order chi connectivity index (χ0) is 13.9. The monoisotopic (exact) mass is 261 g/mol. The Hall–Kier alpha value is -1.23. The van der Waals surface area contributed by atoms with Gasteiger partial charge in [0.15, 0.2) is 17.5 Å². The van der Waals surface area contributed by atoms with Gasteiger partial charge in [0.05, 0.1) is 5.60 Å². The molecule has 1 atom stereocenters. The molecule has 0 aliphatic carbocycles. The molecule has 1 aromatic rings. The number of rotatable bonds is 5. The quantitative estimate of drug-likeness (QED) is 0.816. The van der Waals surface area contributed by atoms with Crippen molar-refractivity contribution in [2.24, 2.45) is 0 Å². The molecule has 0 radical (unpaired) electrons. The van der Waals surface area contributed by atoms with Crippen LogP contribution in [-0.2, 0) is 4.74 Å². The molecule has 0 fully saturated rings. The molecule has 0 bridgehead atoms. The first-order chi connectivity index (χ1) is 8.25. The third-order valence-electron chi connectivity index (χ3n) is 2.75. The molecular formula is C13H18F3NO. The van der Waals surface area contributed by atoms with Gasteiger partial charge >= 0.3 is 0 Å². The molecular weight excluding hydrogens is 243 g/mol. The number of hydrogen-bond acceptors (Lipinski definition) is 2. The molecule has 0 amide bonds. The van der Waals surface area contributed by atoms with Crippen molar-refractivity contribution < 1.29 is 17.9 Å². The Morgan fingerprint density at radius 3 is 2.17 bits per heavy atom. The maximum Gasteiger partial charge on any atom is 0.194 e. The molecule has 1 N–H and O–H groups in total. The van der Waals surface area contributed by atoms with Gasteiger partial charge in [0.1, 0.15) is 0 Å². The van der Waals surface area contributed by atoms with Crippen molar-refractivity contribution in [1.29, 1.82) is 0 Å². The lowest BCUT2D eigenvalue weighted by Gasteiger charge is -2.27. The van der Waals surface area contributed by atoms with Crippen LogP contribution in [0.2, 0.25) is 0 Å². The van der Waals surface area contributed by atoms with Gasteiger partial charge in [-0.15, -0.1) is 0 Å². The van der Waals surface area contributed by atoms with Crippen LogP contribution in [-0.4, -0.2) is 18.8 Å². The van der Waals surface area contributed by atoms with Crippen LogP contribution in [0.4, 0.5) is 18.9 Å². The summed E-state index contributed by atoms with van der Waals surface area (Å²) in [7, 11) is 1.60. The van der Waals surface area contributed by atoms with Gasteiger partial charge in [0.2, 0.25) is 0 Å². The molecule has 0 heterocycles. The standard InChI is InChI=1S/C13H18F3NO/c1-8(7-13(2,3)18-4)17-9-5-10(14)12(16)11(15)6-9/h5-6,8,17H,7H2,1-4H3. The minimum Gasteiger partial charge on any atom is -0.382 e. The van der Waals surface area contributed by atoms with Crippen LogP contribution < -0.4 is 5.32 Å². The van der Waals surface area contributed by atoms with Crippen molar-refractivity contribution in [3.05, 3.63) is 29.6 Å². The molecule has 0 aromatic heterocycles. The van der Waals surface area contributed by atoms with Gasteiger partial charge in [0.25, 0.3) is 0 Å². The Bertz CT molecular complexity index is 398. The van der Waals surface area contributed by atoms with E-state index in [1.807, 2.05) is 20.8 Å². The van der Waals surface area contributed by atoms with Crippen molar-refractivity contribution in [2.45, 2.75) is 38.8 Å². The molecule has 1 aromatic carbocycles. The van der Waals surface area contributed by atoms with Gasteiger partial charge in [-0.2, -0.15) is 0 Å². The van der Waals surface area contributed by atoms with Crippen LogP contribution in [0.5, 0.6) is 0 Å². The van der Waals surface area contributed by atoms with Gasteiger partial charge < -0.3 is 10.1 Å². The number of ether oxygens (including phenoxy) is 1. The summed E-state index contributed by atoms with van der Waals surface area (Å²) in [6.07, 6.45) is 0.643. The average molecular weight is 261 g/mol. The summed E-state index contributed by atoms with van der Waals surface area (Å²) in [5, 5.41) is 2.91. The van der Waals surface area contributed by atoms with Crippen LogP contribution >= 0.6 is 0 Å². The maximum absolute atomic E-state index is 13.0. The summed E-state index contributed by atoms with van der Waals surface area (Å²) in [6.45, 7) is 5.69. The molecule has 1 unspecified atom stereocenters. The molecule has 102 valence electrons. The second-order valence-electron chi connectivity index (χ2n) is 4.97. The molecule has 2 nitrogen and oxygen atoms in total. The molecule has 1 rings (SSSR count). The van der Waals surface area contributed by atoms with Gasteiger partial charge in [-0.1, -0.05) is 0 Å². The van der Waals surface area contributed by atoms with Crippen molar-refractivity contribution in [3.63, 3.8) is 0 Å². The van der Waals surface area contributed by atoms with E-state index in [0.29, 0.717) is 6.42 Å². The lowest BCUT2D eigenvalue weighted by atomic mass is 9.99. The highest BCUT2D eigenvalue weighted by Crippen LogP contribution is 2.21. The van der Waals surface area contributed by atoms with E-state index in [2.05, 4.69) is 5.32 Å². The second kappa shape index (κ2) is 5.61. The number of nitrogens with one attached hydrogen (secondary N) is 1. The minimum atomic E-state index is -1.45. The molecule has 5 heteroatoms. The van der Waals surface area contributed by atoms with Crippen molar-refractivity contribution in [1.82, 2.24) is 0 Å². The molecule has 0 saturated carbocycles. The zero-order valence-corrected chi connectivity index (χ0v) is 11.0. The van der Waals surface area contributed by atoms with Crippen LogP contribution in [0.15, 0.2) is 12.1 Å². The van der Waals surface area contributed by atoms with Crippen molar-refractivity contribution in [2.75, 3.05) is 12.4 Å². The van der Waals surface area contributed by atoms with E-state index < -0.39 is 17.5 Å². The molecule has 0 saturated heterocycles. The van der Waals surface area contributed by atoms with E-state index in [1.165, 1.54) is 0 Å². The molecule has 0 aliphatic heterocycles. The Morgan fingerprint density at radius 1 is 1.22 bits per heavy atom. The summed E-state index contributed by atoms with van der Waals surface area (Å²) in [6, 6.07) is 1.81. The number of hydrogen-bond donors (Lipinski definition) is 1. The Kier molecular flexibility index (Phi) is 4.62. The van der Waals surface area contributed by atoms with Crippen molar-refractivity contribution >= 4 is 5.69 Å².